The van der Waals surface area contributed by atoms with Crippen LogP contribution >= 0.6 is 0 Å². The van der Waals surface area contributed by atoms with Gasteiger partial charge in [0.1, 0.15) is 11.4 Å². The van der Waals surface area contributed by atoms with Gasteiger partial charge in [-0.05, 0) is 38.7 Å². The Morgan fingerprint density at radius 3 is 2.46 bits per heavy atom. The van der Waals surface area contributed by atoms with Crippen molar-refractivity contribution in [1.29, 1.82) is 0 Å². The molecule has 24 heavy (non-hydrogen) atoms. The lowest BCUT2D eigenvalue weighted by molar-refractivity contribution is -0.137. The summed E-state index contributed by atoms with van der Waals surface area (Å²) in [7, 11) is 0. The fraction of sp³-hybridized carbons (Fsp3) is 0.389. The van der Waals surface area contributed by atoms with E-state index in [9.17, 15) is 9.59 Å². The number of nitrogens with zero attached hydrogens (tertiary/aromatic N) is 1. The summed E-state index contributed by atoms with van der Waals surface area (Å²) in [5.41, 5.74) is 13.3. The van der Waals surface area contributed by atoms with Crippen molar-refractivity contribution in [1.82, 2.24) is 0 Å². The van der Waals surface area contributed by atoms with Crippen LogP contribution in [0.1, 0.15) is 42.1 Å². The zero-order chi connectivity index (χ0) is 17.7. The lowest BCUT2D eigenvalue weighted by Crippen LogP contribution is -2.30. The second-order valence-corrected chi connectivity index (χ2v) is 5.97. The Morgan fingerprint density at radius 2 is 1.92 bits per heavy atom. The molecule has 0 aromatic heterocycles. The second-order valence-electron chi connectivity index (χ2n) is 5.97. The number of ketones is 1. The molecule has 0 amide bonds. The number of ether oxygens (including phenoxy) is 1. The van der Waals surface area contributed by atoms with E-state index in [1.165, 1.54) is 0 Å². The molecule has 0 heterocycles. The highest BCUT2D eigenvalue weighted by molar-refractivity contribution is 6.19. The third-order valence-corrected chi connectivity index (χ3v) is 4.03. The molecule has 1 aromatic carbocycles. The van der Waals surface area contributed by atoms with Crippen molar-refractivity contribution in [3.63, 3.8) is 0 Å². The molecule has 1 aliphatic rings. The molecule has 0 saturated heterocycles. The van der Waals surface area contributed by atoms with Gasteiger partial charge in [-0.2, -0.15) is 0 Å². The molecule has 1 saturated carbocycles. The van der Waals surface area contributed by atoms with Crippen LogP contribution in [-0.2, 0) is 9.53 Å². The van der Waals surface area contributed by atoms with Crippen molar-refractivity contribution >= 4 is 17.6 Å². The van der Waals surface area contributed by atoms with E-state index in [1.54, 1.807) is 19.1 Å². The van der Waals surface area contributed by atoms with Crippen molar-refractivity contribution in [2.75, 3.05) is 6.61 Å². The number of nitrogens with two attached hydrogens (primary N) is 2. The number of hydrogen-bond donors (Lipinski definition) is 2. The van der Waals surface area contributed by atoms with Crippen LogP contribution in [-0.4, -0.2) is 30.2 Å². The van der Waals surface area contributed by atoms with E-state index in [-0.39, 0.29) is 35.5 Å². The Kier molecular flexibility index (Phi) is 5.73. The Hall–Kier alpha value is -2.63. The average Bonchev–Trinajstić information content (AvgIpc) is 2.49. The zero-order valence-corrected chi connectivity index (χ0v) is 14.0. The minimum absolute atomic E-state index is 0.0412. The topological polar surface area (TPSA) is 108 Å². The van der Waals surface area contributed by atoms with Crippen molar-refractivity contribution in [3.05, 3.63) is 46.7 Å². The van der Waals surface area contributed by atoms with Gasteiger partial charge < -0.3 is 16.2 Å². The van der Waals surface area contributed by atoms with E-state index in [4.69, 9.17) is 16.2 Å². The van der Waals surface area contributed by atoms with Crippen LogP contribution in [0.15, 0.2) is 40.5 Å². The van der Waals surface area contributed by atoms with Gasteiger partial charge in [0.05, 0.1) is 6.04 Å². The van der Waals surface area contributed by atoms with Gasteiger partial charge in [-0.3, -0.25) is 9.79 Å². The maximum atomic E-state index is 12.3. The number of allylic oxidation sites excluding steroid dienone is 1. The highest BCUT2D eigenvalue weighted by atomic mass is 16.5. The average molecular weight is 329 g/mol. The maximum absolute atomic E-state index is 12.3. The number of carbonyl (C=O) groups is 2. The van der Waals surface area contributed by atoms with Crippen LogP contribution in [0.25, 0.3) is 0 Å². The molecule has 0 bridgehead atoms. The largest absolute Gasteiger partial charge is 0.454 e. The number of rotatable bonds is 6. The van der Waals surface area contributed by atoms with Gasteiger partial charge in [-0.25, -0.2) is 4.79 Å². The SMILES string of the molecule is CC(N)=C(C(=O)OCC(=O)c1ccccc1C)C(N)=NC1CCC1. The first-order valence-electron chi connectivity index (χ1n) is 7.96. The molecular weight excluding hydrogens is 306 g/mol. The van der Waals surface area contributed by atoms with Gasteiger partial charge in [-0.1, -0.05) is 24.3 Å². The van der Waals surface area contributed by atoms with Crippen LogP contribution < -0.4 is 11.5 Å². The molecule has 0 radical (unpaired) electrons. The third kappa shape index (κ3) is 4.22. The Bertz CT molecular complexity index is 699. The van der Waals surface area contributed by atoms with Crippen LogP contribution in [0.5, 0.6) is 0 Å². The maximum Gasteiger partial charge on any atom is 0.344 e. The van der Waals surface area contributed by atoms with Gasteiger partial charge in [-0.15, -0.1) is 0 Å². The Morgan fingerprint density at radius 1 is 1.25 bits per heavy atom. The smallest absolute Gasteiger partial charge is 0.344 e. The summed E-state index contributed by atoms with van der Waals surface area (Å²) in [4.78, 5) is 28.7. The Balaban J connectivity index is 2.04. The van der Waals surface area contributed by atoms with Crippen LogP contribution in [0.2, 0.25) is 0 Å². The van der Waals surface area contributed by atoms with Gasteiger partial charge in [0.15, 0.2) is 6.61 Å². The Labute approximate surface area is 141 Å². The van der Waals surface area contributed by atoms with Gasteiger partial charge in [0, 0.05) is 11.3 Å². The number of Topliss-reactive ketones (excluding diaryl/α,β-unsaturated/α-hetero) is 1. The summed E-state index contributed by atoms with van der Waals surface area (Å²) in [6.07, 6.45) is 3.02. The molecule has 128 valence electrons. The standard InChI is InChI=1S/C18H23N3O3/c1-11-6-3-4-9-14(11)15(22)10-24-18(23)16(12(2)19)17(20)21-13-7-5-8-13/h3-4,6,9,13H,5,7-8,10,19H2,1-2H3,(H2,20,21). The lowest BCUT2D eigenvalue weighted by atomic mass is 9.94. The molecule has 0 unspecified atom stereocenters. The van der Waals surface area contributed by atoms with Gasteiger partial charge in [0.2, 0.25) is 5.78 Å². The lowest BCUT2D eigenvalue weighted by Gasteiger charge is -2.22. The first-order valence-corrected chi connectivity index (χ1v) is 7.96. The number of esters is 1. The number of carbonyl (C=O) groups excluding carboxylic acids is 2. The number of benzene rings is 1. The zero-order valence-electron chi connectivity index (χ0n) is 14.0. The second kappa shape index (κ2) is 7.77. The summed E-state index contributed by atoms with van der Waals surface area (Å²) < 4.78 is 5.10. The number of amidine groups is 1. The van der Waals surface area contributed by atoms with Crippen LogP contribution in [0.3, 0.4) is 0 Å². The molecule has 6 nitrogen and oxygen atoms in total. The first kappa shape index (κ1) is 17.7. The van der Waals surface area contributed by atoms with E-state index >= 15 is 0 Å². The highest BCUT2D eigenvalue weighted by Crippen LogP contribution is 2.22. The van der Waals surface area contributed by atoms with E-state index in [1.807, 2.05) is 19.1 Å². The third-order valence-electron chi connectivity index (χ3n) is 4.03. The van der Waals surface area contributed by atoms with Crippen LogP contribution in [0.4, 0.5) is 0 Å². The van der Waals surface area contributed by atoms with E-state index in [0.29, 0.717) is 5.56 Å². The molecule has 1 aromatic rings. The van der Waals surface area contributed by atoms with Crippen molar-refractivity contribution in [2.45, 2.75) is 39.2 Å². The predicted molar refractivity (Wildman–Crippen MR) is 92.6 cm³/mol. The minimum atomic E-state index is -0.725. The van der Waals surface area contributed by atoms with Gasteiger partial charge in [0.25, 0.3) is 0 Å². The van der Waals surface area contributed by atoms with E-state index in [2.05, 4.69) is 4.99 Å². The molecule has 0 aliphatic heterocycles. The summed E-state index contributed by atoms with van der Waals surface area (Å²) >= 11 is 0. The van der Waals surface area contributed by atoms with Crippen LogP contribution in [0, 0.1) is 6.92 Å². The summed E-state index contributed by atoms with van der Waals surface area (Å²) in [6.45, 7) is 3.02. The first-order chi connectivity index (χ1) is 11.4. The predicted octanol–water partition coefficient (Wildman–Crippen LogP) is 1.86. The quantitative estimate of drug-likeness (QED) is 0.272. The highest BCUT2D eigenvalue weighted by Gasteiger charge is 2.23. The molecule has 1 aliphatic carbocycles. The molecule has 0 atom stereocenters. The summed E-state index contributed by atoms with van der Waals surface area (Å²) in [5.74, 6) is -0.921. The number of hydrogen-bond acceptors (Lipinski definition) is 5. The molecule has 6 heteroatoms. The van der Waals surface area contributed by atoms with Crippen molar-refractivity contribution in [2.24, 2.45) is 16.5 Å². The summed E-state index contributed by atoms with van der Waals surface area (Å²) in [6, 6.07) is 7.27. The fourth-order valence-electron chi connectivity index (χ4n) is 2.41. The molecular formula is C18H23N3O3. The summed E-state index contributed by atoms with van der Waals surface area (Å²) in [5, 5.41) is 0. The fourth-order valence-corrected chi connectivity index (χ4v) is 2.41. The van der Waals surface area contributed by atoms with Crippen molar-refractivity contribution in [3.8, 4) is 0 Å². The monoisotopic (exact) mass is 329 g/mol. The van der Waals surface area contributed by atoms with Gasteiger partial charge >= 0.3 is 5.97 Å². The number of aryl methyl sites for hydroxylation is 1. The molecule has 2 rings (SSSR count). The number of aliphatic imine (C=N–C) groups is 1. The minimum Gasteiger partial charge on any atom is -0.454 e. The van der Waals surface area contributed by atoms with Crippen molar-refractivity contribution < 1.29 is 14.3 Å². The molecule has 4 N–H and O–H groups in total. The van der Waals surface area contributed by atoms with E-state index < -0.39 is 5.97 Å². The normalized spacial score (nSPS) is 16.2. The molecule has 0 spiro atoms. The molecule has 1 fully saturated rings. The van der Waals surface area contributed by atoms with E-state index in [0.717, 1.165) is 24.8 Å².